The topological polar surface area (TPSA) is 45.9 Å². The molecule has 0 spiro atoms. The average molecular weight is 279 g/mol. The molecule has 1 aromatic heterocycles. The second-order valence-corrected chi connectivity index (χ2v) is 4.26. The van der Waals surface area contributed by atoms with Crippen LogP contribution in [-0.2, 0) is 6.61 Å². The van der Waals surface area contributed by atoms with Gasteiger partial charge in [0.25, 0.3) is 0 Å². The molecule has 0 aliphatic rings. The van der Waals surface area contributed by atoms with Crippen LogP contribution in [0.3, 0.4) is 0 Å². The number of aromatic nitrogens is 1. The second kappa shape index (κ2) is 5.72. The number of nitrogens with zero attached hydrogens (tertiary/aromatic N) is 2. The first-order valence-corrected chi connectivity index (χ1v) is 5.88. The van der Waals surface area contributed by atoms with Gasteiger partial charge >= 0.3 is 0 Å². The fourth-order valence-corrected chi connectivity index (χ4v) is 1.78. The first-order valence-electron chi connectivity index (χ1n) is 5.12. The molecule has 0 radical (unpaired) electrons. The quantitative estimate of drug-likeness (QED) is 0.802. The maximum atomic E-state index is 8.73. The van der Waals surface area contributed by atoms with Crippen molar-refractivity contribution in [3.05, 3.63) is 57.8 Å². The van der Waals surface area contributed by atoms with Gasteiger partial charge in [0, 0.05) is 16.8 Å². The van der Waals surface area contributed by atoms with Crippen LogP contribution in [0, 0.1) is 11.3 Å². The summed E-state index contributed by atoms with van der Waals surface area (Å²) in [6, 6.07) is 10.5. The number of ether oxygens (including phenoxy) is 1. The summed E-state index contributed by atoms with van der Waals surface area (Å²) >= 11 is 11.9. The predicted octanol–water partition coefficient (Wildman–Crippen LogP) is 3.84. The van der Waals surface area contributed by atoms with Gasteiger partial charge in [0.1, 0.15) is 6.61 Å². The van der Waals surface area contributed by atoms with E-state index in [0.29, 0.717) is 21.5 Å². The van der Waals surface area contributed by atoms with Crippen molar-refractivity contribution < 1.29 is 4.74 Å². The molecule has 0 bridgehead atoms. The number of halogens is 2. The summed E-state index contributed by atoms with van der Waals surface area (Å²) in [6.45, 7) is 0.274. The molecule has 0 unspecified atom stereocenters. The molecule has 3 nitrogen and oxygen atoms in total. The predicted molar refractivity (Wildman–Crippen MR) is 69.7 cm³/mol. The van der Waals surface area contributed by atoms with Crippen LogP contribution in [0.1, 0.15) is 11.1 Å². The fourth-order valence-electron chi connectivity index (χ4n) is 1.37. The van der Waals surface area contributed by atoms with Crippen molar-refractivity contribution in [2.45, 2.75) is 6.61 Å². The van der Waals surface area contributed by atoms with Crippen molar-refractivity contribution >= 4 is 23.2 Å². The van der Waals surface area contributed by atoms with Gasteiger partial charge in [-0.1, -0.05) is 29.3 Å². The molecule has 0 atom stereocenters. The van der Waals surface area contributed by atoms with Crippen LogP contribution in [-0.4, -0.2) is 4.98 Å². The summed E-state index contributed by atoms with van der Waals surface area (Å²) < 4.78 is 5.52. The Bertz CT molecular complexity index is 608. The summed E-state index contributed by atoms with van der Waals surface area (Å²) in [5.41, 5.74) is 1.30. The summed E-state index contributed by atoms with van der Waals surface area (Å²) in [7, 11) is 0. The van der Waals surface area contributed by atoms with Crippen molar-refractivity contribution in [2.24, 2.45) is 0 Å². The molecule has 0 fully saturated rings. The molecule has 0 aliphatic heterocycles. The summed E-state index contributed by atoms with van der Waals surface area (Å²) in [4.78, 5) is 3.91. The number of hydrogen-bond donors (Lipinski definition) is 0. The Morgan fingerprint density at radius 3 is 2.78 bits per heavy atom. The number of hydrogen-bond acceptors (Lipinski definition) is 3. The van der Waals surface area contributed by atoms with E-state index in [4.69, 9.17) is 33.2 Å². The van der Waals surface area contributed by atoms with Crippen molar-refractivity contribution in [1.29, 1.82) is 5.26 Å². The second-order valence-electron chi connectivity index (χ2n) is 3.50. The first kappa shape index (κ1) is 12.7. The first-order chi connectivity index (χ1) is 8.70. The lowest BCUT2D eigenvalue weighted by Gasteiger charge is -2.08. The smallest absolute Gasteiger partial charge is 0.171 e. The van der Waals surface area contributed by atoms with Gasteiger partial charge in [-0.05, 0) is 24.3 Å². The number of rotatable bonds is 3. The van der Waals surface area contributed by atoms with E-state index in [1.807, 2.05) is 6.07 Å². The summed E-state index contributed by atoms with van der Waals surface area (Å²) in [5, 5.41) is 9.53. The Kier molecular flexibility index (Phi) is 4.03. The van der Waals surface area contributed by atoms with Crippen LogP contribution in [0.25, 0.3) is 0 Å². The zero-order valence-electron chi connectivity index (χ0n) is 9.23. The van der Waals surface area contributed by atoms with Gasteiger partial charge in [0.2, 0.25) is 0 Å². The number of benzene rings is 1. The molecule has 1 heterocycles. The van der Waals surface area contributed by atoms with Gasteiger partial charge in [0.05, 0.1) is 11.6 Å². The van der Waals surface area contributed by atoms with E-state index >= 15 is 0 Å². The molecule has 0 saturated heterocycles. The van der Waals surface area contributed by atoms with Crippen LogP contribution in [0.2, 0.25) is 10.2 Å². The van der Waals surface area contributed by atoms with Crippen molar-refractivity contribution in [2.75, 3.05) is 0 Å². The zero-order valence-corrected chi connectivity index (χ0v) is 10.7. The zero-order chi connectivity index (χ0) is 13.0. The molecular formula is C13H8Cl2N2O. The molecule has 90 valence electrons. The van der Waals surface area contributed by atoms with Crippen LogP contribution < -0.4 is 4.74 Å². The van der Waals surface area contributed by atoms with E-state index in [1.165, 1.54) is 0 Å². The molecule has 5 heteroatoms. The Morgan fingerprint density at radius 2 is 2.11 bits per heavy atom. The SMILES string of the molecule is N#Cc1ccc(COc2cccnc2Cl)c(Cl)c1. The molecule has 0 saturated carbocycles. The monoisotopic (exact) mass is 278 g/mol. The minimum absolute atomic E-state index is 0.274. The van der Waals surface area contributed by atoms with E-state index < -0.39 is 0 Å². The van der Waals surface area contributed by atoms with Gasteiger partial charge < -0.3 is 4.74 Å². The van der Waals surface area contributed by atoms with Gasteiger partial charge in [-0.25, -0.2) is 4.98 Å². The molecule has 18 heavy (non-hydrogen) atoms. The highest BCUT2D eigenvalue weighted by Gasteiger charge is 2.05. The lowest BCUT2D eigenvalue weighted by atomic mass is 10.1. The van der Waals surface area contributed by atoms with Crippen molar-refractivity contribution in [3.8, 4) is 11.8 Å². The van der Waals surface area contributed by atoms with Crippen LogP contribution in [0.15, 0.2) is 36.5 Å². The summed E-state index contributed by atoms with van der Waals surface area (Å²) in [5.74, 6) is 0.500. The minimum atomic E-state index is 0.274. The lowest BCUT2D eigenvalue weighted by Crippen LogP contribution is -1.97. The minimum Gasteiger partial charge on any atom is -0.486 e. The molecule has 0 N–H and O–H groups in total. The molecule has 2 aromatic rings. The third kappa shape index (κ3) is 2.92. The highest BCUT2D eigenvalue weighted by molar-refractivity contribution is 6.31. The highest BCUT2D eigenvalue weighted by Crippen LogP contribution is 2.24. The Hall–Kier alpha value is -1.76. The molecule has 2 rings (SSSR count). The van der Waals surface area contributed by atoms with Gasteiger partial charge in [-0.15, -0.1) is 0 Å². The van der Waals surface area contributed by atoms with Crippen LogP contribution >= 0.6 is 23.2 Å². The largest absolute Gasteiger partial charge is 0.486 e. The van der Waals surface area contributed by atoms with Gasteiger partial charge in [-0.3, -0.25) is 0 Å². The Balaban J connectivity index is 2.12. The normalized spacial score (nSPS) is 9.83. The van der Waals surface area contributed by atoms with E-state index in [1.54, 1.807) is 36.5 Å². The third-order valence-corrected chi connectivity index (χ3v) is 2.93. The standard InChI is InChI=1S/C13H8Cl2N2O/c14-11-6-9(7-16)3-4-10(11)8-18-12-2-1-5-17-13(12)15/h1-6H,8H2. The summed E-state index contributed by atoms with van der Waals surface area (Å²) in [6.07, 6.45) is 1.59. The van der Waals surface area contributed by atoms with Gasteiger partial charge in [0.15, 0.2) is 10.9 Å². The lowest BCUT2D eigenvalue weighted by molar-refractivity contribution is 0.305. The Morgan fingerprint density at radius 1 is 1.28 bits per heavy atom. The molecule has 0 amide bonds. The van der Waals surface area contributed by atoms with Crippen LogP contribution in [0.4, 0.5) is 0 Å². The fraction of sp³-hybridized carbons (Fsp3) is 0.0769. The van der Waals surface area contributed by atoms with Crippen LogP contribution in [0.5, 0.6) is 5.75 Å². The molecule has 0 aliphatic carbocycles. The van der Waals surface area contributed by atoms with Crippen molar-refractivity contribution in [3.63, 3.8) is 0 Å². The number of nitriles is 1. The third-order valence-electron chi connectivity index (χ3n) is 2.29. The molecule has 1 aromatic carbocycles. The average Bonchev–Trinajstić information content (AvgIpc) is 2.39. The van der Waals surface area contributed by atoms with E-state index in [-0.39, 0.29) is 6.61 Å². The maximum absolute atomic E-state index is 8.73. The van der Waals surface area contributed by atoms with E-state index in [9.17, 15) is 0 Å². The van der Waals surface area contributed by atoms with Gasteiger partial charge in [-0.2, -0.15) is 5.26 Å². The van der Waals surface area contributed by atoms with Crippen molar-refractivity contribution in [1.82, 2.24) is 4.98 Å². The number of pyridine rings is 1. The molecular weight excluding hydrogens is 271 g/mol. The Labute approximate surface area is 115 Å². The van der Waals surface area contributed by atoms with E-state index in [2.05, 4.69) is 4.98 Å². The highest BCUT2D eigenvalue weighted by atomic mass is 35.5. The van der Waals surface area contributed by atoms with E-state index in [0.717, 1.165) is 5.56 Å². The maximum Gasteiger partial charge on any atom is 0.171 e.